The van der Waals surface area contributed by atoms with Crippen molar-refractivity contribution in [2.45, 2.75) is 52.0 Å². The van der Waals surface area contributed by atoms with Gasteiger partial charge in [-0.05, 0) is 32.6 Å². The first-order chi connectivity index (χ1) is 8.47. The molecule has 1 aliphatic rings. The molecule has 2 rings (SSSR count). The van der Waals surface area contributed by atoms with Crippen molar-refractivity contribution >= 4 is 11.6 Å². The van der Waals surface area contributed by atoms with E-state index in [0.717, 1.165) is 18.2 Å². The van der Waals surface area contributed by atoms with Crippen LogP contribution < -0.4 is 10.2 Å². The quantitative estimate of drug-likeness (QED) is 0.892. The van der Waals surface area contributed by atoms with Gasteiger partial charge in [-0.25, -0.2) is 9.97 Å². The van der Waals surface area contributed by atoms with Crippen molar-refractivity contribution < 1.29 is 0 Å². The van der Waals surface area contributed by atoms with Crippen molar-refractivity contribution in [2.75, 3.05) is 23.8 Å². The van der Waals surface area contributed by atoms with Crippen molar-refractivity contribution in [1.29, 1.82) is 0 Å². The summed E-state index contributed by atoms with van der Waals surface area (Å²) in [5.74, 6) is 2.48. The number of nitrogens with one attached hydrogen (secondary N) is 1. The highest BCUT2D eigenvalue weighted by atomic mass is 15.3. The van der Waals surface area contributed by atoms with Crippen LogP contribution in [0.25, 0.3) is 0 Å². The summed E-state index contributed by atoms with van der Waals surface area (Å²) in [6.07, 6.45) is 4.13. The number of hydrogen-bond acceptors (Lipinski definition) is 4. The van der Waals surface area contributed by atoms with Crippen LogP contribution >= 0.6 is 0 Å². The van der Waals surface area contributed by atoms with E-state index in [1.807, 2.05) is 7.05 Å². The SMILES string of the molecule is CNc1ncnc(N2CCCC2(C)C)c1C(C)C. The van der Waals surface area contributed by atoms with Crippen LogP contribution in [0.5, 0.6) is 0 Å². The van der Waals surface area contributed by atoms with Gasteiger partial charge in [0, 0.05) is 24.7 Å². The van der Waals surface area contributed by atoms with E-state index in [1.54, 1.807) is 6.33 Å². The summed E-state index contributed by atoms with van der Waals surface area (Å²) in [7, 11) is 1.92. The summed E-state index contributed by atoms with van der Waals surface area (Å²) >= 11 is 0. The van der Waals surface area contributed by atoms with Crippen LogP contribution in [0.3, 0.4) is 0 Å². The van der Waals surface area contributed by atoms with E-state index in [9.17, 15) is 0 Å². The molecule has 4 heteroatoms. The Labute approximate surface area is 110 Å². The summed E-state index contributed by atoms with van der Waals surface area (Å²) in [5.41, 5.74) is 1.43. The van der Waals surface area contributed by atoms with E-state index in [4.69, 9.17) is 0 Å². The Morgan fingerprint density at radius 1 is 1.33 bits per heavy atom. The fraction of sp³-hybridized carbons (Fsp3) is 0.714. The minimum atomic E-state index is 0.197. The van der Waals surface area contributed by atoms with Gasteiger partial charge in [0.1, 0.15) is 18.0 Å². The molecular formula is C14H24N4. The number of hydrogen-bond donors (Lipinski definition) is 1. The normalized spacial score (nSPS) is 18.4. The van der Waals surface area contributed by atoms with Crippen LogP contribution in [-0.2, 0) is 0 Å². The zero-order chi connectivity index (χ0) is 13.3. The molecule has 0 aromatic carbocycles. The maximum atomic E-state index is 4.56. The summed E-state index contributed by atoms with van der Waals surface area (Å²) < 4.78 is 0. The smallest absolute Gasteiger partial charge is 0.138 e. The molecule has 0 atom stereocenters. The van der Waals surface area contributed by atoms with Crippen LogP contribution in [0.15, 0.2) is 6.33 Å². The molecule has 0 amide bonds. The van der Waals surface area contributed by atoms with E-state index in [2.05, 4.69) is 47.9 Å². The summed E-state index contributed by atoms with van der Waals surface area (Å²) in [6, 6.07) is 0. The van der Waals surface area contributed by atoms with E-state index < -0.39 is 0 Å². The van der Waals surface area contributed by atoms with Gasteiger partial charge in [-0.3, -0.25) is 0 Å². The number of anilines is 2. The Hall–Kier alpha value is -1.32. The van der Waals surface area contributed by atoms with Crippen molar-refractivity contribution in [1.82, 2.24) is 9.97 Å². The van der Waals surface area contributed by atoms with Crippen LogP contribution in [0, 0.1) is 0 Å². The Bertz CT molecular complexity index is 426. The molecule has 0 saturated carbocycles. The fourth-order valence-corrected chi connectivity index (χ4v) is 2.83. The lowest BCUT2D eigenvalue weighted by Crippen LogP contribution is -2.39. The minimum Gasteiger partial charge on any atom is -0.373 e. The molecule has 1 fully saturated rings. The van der Waals surface area contributed by atoms with Gasteiger partial charge in [0.25, 0.3) is 0 Å². The van der Waals surface area contributed by atoms with Crippen LogP contribution in [0.1, 0.15) is 52.0 Å². The monoisotopic (exact) mass is 248 g/mol. The van der Waals surface area contributed by atoms with Gasteiger partial charge in [0.15, 0.2) is 0 Å². The van der Waals surface area contributed by atoms with Gasteiger partial charge in [0.2, 0.25) is 0 Å². The molecular weight excluding hydrogens is 224 g/mol. The van der Waals surface area contributed by atoms with Gasteiger partial charge < -0.3 is 10.2 Å². The fourth-order valence-electron chi connectivity index (χ4n) is 2.83. The third-order valence-electron chi connectivity index (χ3n) is 3.83. The first-order valence-electron chi connectivity index (χ1n) is 6.77. The van der Waals surface area contributed by atoms with E-state index in [0.29, 0.717) is 5.92 Å². The lowest BCUT2D eigenvalue weighted by atomic mass is 9.99. The van der Waals surface area contributed by atoms with Crippen molar-refractivity contribution in [3.63, 3.8) is 0 Å². The average molecular weight is 248 g/mol. The molecule has 0 bridgehead atoms. The van der Waals surface area contributed by atoms with E-state index >= 15 is 0 Å². The molecule has 0 aliphatic carbocycles. The van der Waals surface area contributed by atoms with Crippen molar-refractivity contribution in [3.8, 4) is 0 Å². The summed E-state index contributed by atoms with van der Waals surface area (Å²) in [5, 5.41) is 3.19. The highest BCUT2D eigenvalue weighted by molar-refractivity contribution is 5.61. The largest absolute Gasteiger partial charge is 0.373 e. The number of aromatic nitrogens is 2. The first-order valence-corrected chi connectivity index (χ1v) is 6.77. The topological polar surface area (TPSA) is 41.1 Å². The Morgan fingerprint density at radius 3 is 2.56 bits per heavy atom. The molecule has 0 unspecified atom stereocenters. The second kappa shape index (κ2) is 4.75. The molecule has 0 radical (unpaired) electrons. The molecule has 2 heterocycles. The molecule has 1 saturated heterocycles. The molecule has 1 N–H and O–H groups in total. The maximum Gasteiger partial charge on any atom is 0.138 e. The van der Waals surface area contributed by atoms with Gasteiger partial charge in [-0.15, -0.1) is 0 Å². The molecule has 0 spiro atoms. The third-order valence-corrected chi connectivity index (χ3v) is 3.83. The summed E-state index contributed by atoms with van der Waals surface area (Å²) in [6.45, 7) is 10.1. The van der Waals surface area contributed by atoms with Crippen molar-refractivity contribution in [2.24, 2.45) is 0 Å². The minimum absolute atomic E-state index is 0.197. The van der Waals surface area contributed by atoms with Crippen LogP contribution in [0.2, 0.25) is 0 Å². The third kappa shape index (κ3) is 2.16. The van der Waals surface area contributed by atoms with Gasteiger partial charge in [-0.2, -0.15) is 0 Å². The zero-order valence-corrected chi connectivity index (χ0v) is 12.1. The van der Waals surface area contributed by atoms with Gasteiger partial charge in [0.05, 0.1) is 0 Å². The Balaban J connectivity index is 2.50. The predicted molar refractivity (Wildman–Crippen MR) is 76.3 cm³/mol. The summed E-state index contributed by atoms with van der Waals surface area (Å²) in [4.78, 5) is 11.3. The lowest BCUT2D eigenvalue weighted by Gasteiger charge is -2.34. The molecule has 1 aromatic rings. The second-order valence-electron chi connectivity index (χ2n) is 5.93. The molecule has 1 aliphatic heterocycles. The first kappa shape index (κ1) is 13.1. The second-order valence-corrected chi connectivity index (χ2v) is 5.93. The molecule has 100 valence electrons. The molecule has 1 aromatic heterocycles. The zero-order valence-electron chi connectivity index (χ0n) is 12.1. The van der Waals surface area contributed by atoms with Crippen molar-refractivity contribution in [3.05, 3.63) is 11.9 Å². The maximum absolute atomic E-state index is 4.56. The van der Waals surface area contributed by atoms with E-state index in [-0.39, 0.29) is 5.54 Å². The number of rotatable bonds is 3. The van der Waals surface area contributed by atoms with Crippen LogP contribution in [-0.4, -0.2) is 29.1 Å². The highest BCUT2D eigenvalue weighted by Gasteiger charge is 2.35. The standard InChI is InChI=1S/C14H24N4/c1-10(2)11-12(15-5)16-9-17-13(11)18-8-6-7-14(18,3)4/h9-10H,6-8H2,1-5H3,(H,15,16,17). The molecule has 4 nitrogen and oxygen atoms in total. The Morgan fingerprint density at radius 2 is 2.06 bits per heavy atom. The predicted octanol–water partition coefficient (Wildman–Crippen LogP) is 3.02. The van der Waals surface area contributed by atoms with E-state index in [1.165, 1.54) is 18.4 Å². The number of nitrogens with zero attached hydrogens (tertiary/aromatic N) is 3. The van der Waals surface area contributed by atoms with Crippen LogP contribution in [0.4, 0.5) is 11.6 Å². The lowest BCUT2D eigenvalue weighted by molar-refractivity contribution is 0.512. The Kier molecular flexibility index (Phi) is 3.46. The molecule has 18 heavy (non-hydrogen) atoms. The average Bonchev–Trinajstić information content (AvgIpc) is 2.67. The van der Waals surface area contributed by atoms with Gasteiger partial charge >= 0.3 is 0 Å². The highest BCUT2D eigenvalue weighted by Crippen LogP contribution is 2.38. The van der Waals surface area contributed by atoms with Gasteiger partial charge in [-0.1, -0.05) is 13.8 Å².